The molecule has 1 aliphatic rings. The van der Waals surface area contributed by atoms with Crippen molar-refractivity contribution in [2.45, 2.75) is 0 Å². The van der Waals surface area contributed by atoms with Crippen molar-refractivity contribution >= 4 is 40.5 Å². The first-order valence-corrected chi connectivity index (χ1v) is 8.53. The van der Waals surface area contributed by atoms with Gasteiger partial charge in [0.25, 0.3) is 5.91 Å². The average Bonchev–Trinajstić information content (AvgIpc) is 2.61. The van der Waals surface area contributed by atoms with Crippen LogP contribution in [0.3, 0.4) is 0 Å². The number of carbonyl (C=O) groups is 1. The number of nitrogens with zero attached hydrogens (tertiary/aromatic N) is 3. The minimum absolute atomic E-state index is 0.107. The van der Waals surface area contributed by atoms with Crippen LogP contribution < -0.4 is 5.32 Å². The van der Waals surface area contributed by atoms with Gasteiger partial charge in [-0.15, -0.1) is 0 Å². The lowest BCUT2D eigenvalue weighted by molar-refractivity contribution is -0.113. The van der Waals surface area contributed by atoms with Crippen LogP contribution in [0.1, 0.15) is 5.56 Å². The van der Waals surface area contributed by atoms with Gasteiger partial charge in [-0.05, 0) is 34.7 Å². The van der Waals surface area contributed by atoms with Crippen LogP contribution in [0.4, 0.5) is 10.1 Å². The van der Waals surface area contributed by atoms with E-state index in [1.807, 2.05) is 0 Å². The highest BCUT2D eigenvalue weighted by molar-refractivity contribution is 7.88. The van der Waals surface area contributed by atoms with Gasteiger partial charge in [0.1, 0.15) is 11.5 Å². The lowest BCUT2D eigenvalue weighted by atomic mass is 10.1. The molecule has 1 unspecified atom stereocenters. The zero-order valence-corrected chi connectivity index (χ0v) is 14.5. The molecular formula is C16H12ClFN4O2S. The molecule has 1 aromatic carbocycles. The van der Waals surface area contributed by atoms with E-state index in [0.717, 1.165) is 6.07 Å². The highest BCUT2D eigenvalue weighted by atomic mass is 35.5. The van der Waals surface area contributed by atoms with Crippen molar-refractivity contribution in [3.8, 4) is 0 Å². The van der Waals surface area contributed by atoms with E-state index in [0.29, 0.717) is 17.0 Å². The smallest absolute Gasteiger partial charge is 0.276 e. The zero-order chi connectivity index (χ0) is 18.0. The molecule has 0 bridgehead atoms. The first kappa shape index (κ1) is 17.4. The third-order valence-electron chi connectivity index (χ3n) is 3.39. The summed E-state index contributed by atoms with van der Waals surface area (Å²) in [6.45, 7) is 0. The first-order chi connectivity index (χ1) is 12.0. The van der Waals surface area contributed by atoms with Crippen molar-refractivity contribution < 1.29 is 13.7 Å². The number of halogens is 2. The number of hydrogen-bond acceptors (Lipinski definition) is 5. The summed E-state index contributed by atoms with van der Waals surface area (Å²) in [7, 11) is 1.49. The van der Waals surface area contributed by atoms with E-state index in [9.17, 15) is 13.7 Å². The SMILES string of the molecule is CN1C(C(=O)Nc2ccc(F)c(Cl)c2)=CC(c2cccnc2)=N[S+]1[O-]. The van der Waals surface area contributed by atoms with Gasteiger partial charge >= 0.3 is 0 Å². The molecule has 0 radical (unpaired) electrons. The number of amides is 1. The van der Waals surface area contributed by atoms with Gasteiger partial charge in [0, 0.05) is 29.7 Å². The summed E-state index contributed by atoms with van der Waals surface area (Å²) >= 11 is 3.96. The Morgan fingerprint density at radius 3 is 2.88 bits per heavy atom. The van der Waals surface area contributed by atoms with Crippen molar-refractivity contribution in [3.63, 3.8) is 0 Å². The summed E-state index contributed by atoms with van der Waals surface area (Å²) in [5, 5.41) is 2.49. The maximum atomic E-state index is 13.2. The fourth-order valence-corrected chi connectivity index (χ4v) is 3.04. The fraction of sp³-hybridized carbons (Fsp3) is 0.0625. The standard InChI is InChI=1S/C16H12ClFN4O2S/c1-22-15(16(23)20-11-4-5-13(18)12(17)7-11)8-14(21-25(22)24)10-3-2-6-19-9-10/h2-9H,1H3,(H,20,23). The lowest BCUT2D eigenvalue weighted by Crippen LogP contribution is -2.35. The normalized spacial score (nSPS) is 17.0. The lowest BCUT2D eigenvalue weighted by Gasteiger charge is -2.23. The fourth-order valence-electron chi connectivity index (χ4n) is 2.10. The summed E-state index contributed by atoms with van der Waals surface area (Å²) in [4.78, 5) is 16.5. The van der Waals surface area contributed by atoms with Crippen LogP contribution >= 0.6 is 11.6 Å². The quantitative estimate of drug-likeness (QED) is 0.833. The van der Waals surface area contributed by atoms with Crippen LogP contribution in [0, 0.1) is 5.82 Å². The van der Waals surface area contributed by atoms with E-state index >= 15 is 0 Å². The minimum atomic E-state index is -1.75. The molecule has 0 fully saturated rings. The number of aromatic nitrogens is 1. The second-order valence-electron chi connectivity index (χ2n) is 5.06. The largest absolute Gasteiger partial charge is 0.566 e. The monoisotopic (exact) mass is 378 g/mol. The molecule has 9 heteroatoms. The molecule has 25 heavy (non-hydrogen) atoms. The van der Waals surface area contributed by atoms with Gasteiger partial charge in [-0.2, -0.15) is 4.31 Å². The number of carbonyl (C=O) groups excluding carboxylic acids is 1. The number of rotatable bonds is 3. The molecule has 3 rings (SSSR count). The van der Waals surface area contributed by atoms with Gasteiger partial charge in [0.15, 0.2) is 5.70 Å². The van der Waals surface area contributed by atoms with E-state index in [2.05, 4.69) is 14.7 Å². The topological polar surface area (TPSA) is 80.7 Å². The van der Waals surface area contributed by atoms with Crippen molar-refractivity contribution in [3.05, 3.63) is 70.9 Å². The average molecular weight is 379 g/mol. The molecule has 128 valence electrons. The highest BCUT2D eigenvalue weighted by Gasteiger charge is 2.30. The first-order valence-electron chi connectivity index (χ1n) is 7.08. The molecule has 1 aromatic heterocycles. The molecule has 0 aliphatic carbocycles. The van der Waals surface area contributed by atoms with Gasteiger partial charge in [-0.1, -0.05) is 11.6 Å². The van der Waals surface area contributed by atoms with Crippen LogP contribution in [0.2, 0.25) is 5.02 Å². The number of hydrogen-bond donors (Lipinski definition) is 1. The third-order valence-corrected chi connectivity index (χ3v) is 4.70. The highest BCUT2D eigenvalue weighted by Crippen LogP contribution is 2.23. The minimum Gasteiger partial charge on any atom is -0.566 e. The van der Waals surface area contributed by atoms with Gasteiger partial charge in [0.05, 0.1) is 12.1 Å². The molecule has 0 spiro atoms. The molecule has 1 atom stereocenters. The van der Waals surface area contributed by atoms with E-state index in [4.69, 9.17) is 11.6 Å². The Hall–Kier alpha value is -2.42. The zero-order valence-electron chi connectivity index (χ0n) is 12.9. The molecular weight excluding hydrogens is 367 g/mol. The number of anilines is 1. The predicted molar refractivity (Wildman–Crippen MR) is 94.8 cm³/mol. The van der Waals surface area contributed by atoms with Crippen molar-refractivity contribution in [2.75, 3.05) is 12.4 Å². The number of pyridine rings is 1. The number of nitrogens with one attached hydrogen (secondary N) is 1. The van der Waals surface area contributed by atoms with Crippen LogP contribution in [-0.2, 0) is 16.3 Å². The van der Waals surface area contributed by atoms with Crippen LogP contribution in [0.5, 0.6) is 0 Å². The second-order valence-corrected chi connectivity index (χ2v) is 6.66. The van der Waals surface area contributed by atoms with E-state index in [-0.39, 0.29) is 10.7 Å². The molecule has 6 nitrogen and oxygen atoms in total. The molecule has 1 aliphatic heterocycles. The van der Waals surface area contributed by atoms with E-state index < -0.39 is 23.3 Å². The predicted octanol–water partition coefficient (Wildman–Crippen LogP) is 2.71. The summed E-state index contributed by atoms with van der Waals surface area (Å²) in [6.07, 6.45) is 4.68. The summed E-state index contributed by atoms with van der Waals surface area (Å²) < 4.78 is 30.7. The van der Waals surface area contributed by atoms with Crippen molar-refractivity contribution in [1.82, 2.24) is 9.29 Å². The van der Waals surface area contributed by atoms with Gasteiger partial charge in [0.2, 0.25) is 11.5 Å². The Bertz CT molecular complexity index is 876. The third kappa shape index (κ3) is 3.81. The maximum absolute atomic E-state index is 13.2. The Labute approximate surface area is 151 Å². The number of allylic oxidation sites excluding steroid dienone is 1. The summed E-state index contributed by atoms with van der Waals surface area (Å²) in [5.74, 6) is -1.10. The Morgan fingerprint density at radius 2 is 2.20 bits per heavy atom. The Balaban J connectivity index is 1.88. The molecule has 2 heterocycles. The van der Waals surface area contributed by atoms with Crippen LogP contribution in [-0.4, -0.2) is 32.5 Å². The number of likely N-dealkylation sites (N-methyl/N-ethyl adjacent to an activating group) is 1. The van der Waals surface area contributed by atoms with Gasteiger partial charge in [-0.25, -0.2) is 4.39 Å². The Kier molecular flexibility index (Phi) is 5.03. The molecule has 2 aromatic rings. The molecule has 1 N–H and O–H groups in total. The molecule has 0 saturated carbocycles. The Morgan fingerprint density at radius 1 is 1.40 bits per heavy atom. The van der Waals surface area contributed by atoms with Gasteiger partial charge < -0.3 is 9.87 Å². The van der Waals surface area contributed by atoms with Crippen molar-refractivity contribution in [2.24, 2.45) is 4.40 Å². The number of benzene rings is 1. The molecule has 1 amide bonds. The second kappa shape index (κ2) is 7.22. The van der Waals surface area contributed by atoms with Crippen molar-refractivity contribution in [1.29, 1.82) is 0 Å². The van der Waals surface area contributed by atoms with Crippen LogP contribution in [0.25, 0.3) is 0 Å². The summed E-state index contributed by atoms with van der Waals surface area (Å²) in [6, 6.07) is 7.30. The molecule has 0 saturated heterocycles. The van der Waals surface area contributed by atoms with E-state index in [1.54, 1.807) is 24.5 Å². The summed E-state index contributed by atoms with van der Waals surface area (Å²) in [5.41, 5.74) is 1.49. The maximum Gasteiger partial charge on any atom is 0.276 e. The van der Waals surface area contributed by atoms with E-state index in [1.165, 1.54) is 29.6 Å². The van der Waals surface area contributed by atoms with Gasteiger partial charge in [-0.3, -0.25) is 9.78 Å². The van der Waals surface area contributed by atoms with Crippen LogP contribution in [0.15, 0.2) is 58.9 Å².